The van der Waals surface area contributed by atoms with Gasteiger partial charge < -0.3 is 10.3 Å². The van der Waals surface area contributed by atoms with Gasteiger partial charge in [-0.15, -0.1) is 5.10 Å². The largest absolute Gasteiger partial charge is 0.449 e. The lowest BCUT2D eigenvalue weighted by Gasteiger charge is -2.09. The van der Waals surface area contributed by atoms with E-state index in [2.05, 4.69) is 25.4 Å². The SMILES string of the molecule is O=S(=O)(CC1CC1)c1cccc(-c2ccc3cnc(Nc4ccc5nc(C(F)(F)F)[nH]c5c4)nn23)c1. The first-order valence-corrected chi connectivity index (χ1v) is 12.8. The van der Waals surface area contributed by atoms with E-state index in [1.165, 1.54) is 12.1 Å². The second-order valence-corrected chi connectivity index (χ2v) is 10.9. The molecule has 2 aromatic carbocycles. The number of aromatic amines is 1. The summed E-state index contributed by atoms with van der Waals surface area (Å²) >= 11 is 0. The average molecular weight is 513 g/mol. The van der Waals surface area contributed by atoms with E-state index >= 15 is 0 Å². The Kier molecular flexibility index (Phi) is 5.04. The van der Waals surface area contributed by atoms with Crippen LogP contribution in [0.5, 0.6) is 0 Å². The zero-order chi connectivity index (χ0) is 25.1. The highest BCUT2D eigenvalue weighted by atomic mass is 32.2. The number of fused-ring (bicyclic) bond motifs is 2. The normalized spacial score (nSPS) is 14.5. The minimum atomic E-state index is -4.57. The van der Waals surface area contributed by atoms with Gasteiger partial charge in [-0.05, 0) is 61.2 Å². The van der Waals surface area contributed by atoms with Gasteiger partial charge in [0.15, 0.2) is 9.84 Å². The van der Waals surface area contributed by atoms with E-state index in [9.17, 15) is 21.6 Å². The number of nitrogens with zero attached hydrogens (tertiary/aromatic N) is 4. The Morgan fingerprint density at radius 2 is 1.92 bits per heavy atom. The molecule has 184 valence electrons. The Morgan fingerprint density at radius 3 is 2.69 bits per heavy atom. The number of nitrogens with one attached hydrogen (secondary N) is 2. The van der Waals surface area contributed by atoms with Crippen molar-refractivity contribution in [3.05, 3.63) is 66.6 Å². The summed E-state index contributed by atoms with van der Waals surface area (Å²) in [7, 11) is -3.37. The van der Waals surface area contributed by atoms with Gasteiger partial charge in [-0.1, -0.05) is 12.1 Å². The summed E-state index contributed by atoms with van der Waals surface area (Å²) in [5, 5.41) is 7.52. The first kappa shape index (κ1) is 22.5. The fourth-order valence-corrected chi connectivity index (χ4v) is 5.81. The van der Waals surface area contributed by atoms with Crippen LogP contribution in [0.15, 0.2) is 65.7 Å². The Morgan fingerprint density at radius 1 is 1.08 bits per heavy atom. The second kappa shape index (κ2) is 8.05. The van der Waals surface area contributed by atoms with Crippen LogP contribution in [-0.4, -0.2) is 38.7 Å². The smallest absolute Gasteiger partial charge is 0.334 e. The molecule has 1 aliphatic rings. The molecule has 0 bridgehead atoms. The molecule has 36 heavy (non-hydrogen) atoms. The predicted molar refractivity (Wildman–Crippen MR) is 128 cm³/mol. The predicted octanol–water partition coefficient (Wildman–Crippen LogP) is 5.22. The van der Waals surface area contributed by atoms with E-state index in [1.807, 2.05) is 18.2 Å². The van der Waals surface area contributed by atoms with E-state index in [1.54, 1.807) is 35.0 Å². The van der Waals surface area contributed by atoms with Crippen molar-refractivity contribution in [3.63, 3.8) is 0 Å². The van der Waals surface area contributed by atoms with Crippen LogP contribution in [-0.2, 0) is 16.0 Å². The summed E-state index contributed by atoms with van der Waals surface area (Å²) in [4.78, 5) is 10.4. The average Bonchev–Trinajstić information content (AvgIpc) is 3.36. The third kappa shape index (κ3) is 4.28. The summed E-state index contributed by atoms with van der Waals surface area (Å²) < 4.78 is 66.0. The molecule has 2 N–H and O–H groups in total. The van der Waals surface area contributed by atoms with Gasteiger partial charge in [0, 0.05) is 11.3 Å². The minimum absolute atomic E-state index is 0.159. The molecule has 1 saturated carbocycles. The molecule has 5 aromatic rings. The maximum absolute atomic E-state index is 13.0. The van der Waals surface area contributed by atoms with Gasteiger partial charge in [-0.25, -0.2) is 22.9 Å². The molecule has 12 heteroatoms. The Hall–Kier alpha value is -3.93. The number of imidazole rings is 1. The van der Waals surface area contributed by atoms with E-state index in [-0.39, 0.29) is 33.5 Å². The molecule has 6 rings (SSSR count). The summed E-state index contributed by atoms with van der Waals surface area (Å²) in [6.07, 6.45) is -1.07. The molecule has 0 aliphatic heterocycles. The van der Waals surface area contributed by atoms with Crippen molar-refractivity contribution in [2.45, 2.75) is 23.9 Å². The highest BCUT2D eigenvalue weighted by Gasteiger charge is 2.34. The monoisotopic (exact) mass is 512 g/mol. The topological polar surface area (TPSA) is 105 Å². The third-order valence-corrected chi connectivity index (χ3v) is 7.93. The van der Waals surface area contributed by atoms with Crippen LogP contribution in [0, 0.1) is 5.92 Å². The number of sulfone groups is 1. The fourth-order valence-electron chi connectivity index (χ4n) is 4.07. The summed E-state index contributed by atoms with van der Waals surface area (Å²) in [5.74, 6) is -0.444. The molecule has 3 heterocycles. The number of anilines is 2. The van der Waals surface area contributed by atoms with Gasteiger partial charge in [-0.3, -0.25) is 0 Å². The van der Waals surface area contributed by atoms with Crippen molar-refractivity contribution >= 4 is 38.0 Å². The number of hydrogen-bond donors (Lipinski definition) is 2. The van der Waals surface area contributed by atoms with Gasteiger partial charge in [0.25, 0.3) is 0 Å². The zero-order valence-electron chi connectivity index (χ0n) is 18.6. The van der Waals surface area contributed by atoms with Gasteiger partial charge in [0.05, 0.1) is 39.1 Å². The molecule has 0 atom stereocenters. The van der Waals surface area contributed by atoms with Gasteiger partial charge in [0.2, 0.25) is 11.8 Å². The lowest BCUT2D eigenvalue weighted by Crippen LogP contribution is -2.08. The first-order chi connectivity index (χ1) is 17.2. The molecular weight excluding hydrogens is 493 g/mol. The van der Waals surface area contributed by atoms with Crippen molar-refractivity contribution in [1.29, 1.82) is 0 Å². The molecule has 0 unspecified atom stereocenters. The number of rotatable bonds is 6. The number of alkyl halides is 3. The number of H-pyrrole nitrogens is 1. The fraction of sp³-hybridized carbons (Fsp3) is 0.208. The molecule has 0 radical (unpaired) electrons. The maximum atomic E-state index is 13.0. The molecule has 0 amide bonds. The Balaban J connectivity index is 1.32. The number of aromatic nitrogens is 5. The van der Waals surface area contributed by atoms with E-state index < -0.39 is 21.8 Å². The van der Waals surface area contributed by atoms with Crippen LogP contribution in [0.1, 0.15) is 18.7 Å². The first-order valence-electron chi connectivity index (χ1n) is 11.2. The highest BCUT2D eigenvalue weighted by Crippen LogP contribution is 2.33. The number of hydrogen-bond acceptors (Lipinski definition) is 6. The molecule has 1 fully saturated rings. The highest BCUT2D eigenvalue weighted by molar-refractivity contribution is 7.91. The summed E-state index contributed by atoms with van der Waals surface area (Å²) in [6, 6.07) is 15.0. The third-order valence-electron chi connectivity index (χ3n) is 6.05. The Bertz CT molecular complexity index is 1720. The molecule has 8 nitrogen and oxygen atoms in total. The van der Waals surface area contributed by atoms with Gasteiger partial charge >= 0.3 is 6.18 Å². The molecule has 0 saturated heterocycles. The van der Waals surface area contributed by atoms with Gasteiger partial charge in [-0.2, -0.15) is 13.2 Å². The van der Waals surface area contributed by atoms with Crippen LogP contribution >= 0.6 is 0 Å². The standard InChI is InChI=1S/C24H19F3N6O2S/c25-24(26,27)22-30-19-8-6-16(11-20(19)31-22)29-23-28-12-17-7-9-21(33(17)32-23)15-2-1-3-18(10-15)36(34,35)13-14-4-5-14/h1-3,6-12,14H,4-5,13H2,(H,29,32)(H,30,31). The van der Waals surface area contributed by atoms with Crippen molar-refractivity contribution in [3.8, 4) is 11.3 Å². The van der Waals surface area contributed by atoms with Crippen molar-refractivity contribution in [1.82, 2.24) is 24.6 Å². The lowest BCUT2D eigenvalue weighted by molar-refractivity contribution is -0.144. The number of benzene rings is 2. The van der Waals surface area contributed by atoms with Crippen molar-refractivity contribution < 1.29 is 21.6 Å². The number of halogens is 3. The molecule has 1 aliphatic carbocycles. The molecule has 3 aromatic heterocycles. The Labute approximate surface area is 203 Å². The van der Waals surface area contributed by atoms with Crippen LogP contribution < -0.4 is 5.32 Å². The van der Waals surface area contributed by atoms with E-state index in [4.69, 9.17) is 0 Å². The van der Waals surface area contributed by atoms with Crippen LogP contribution in [0.4, 0.5) is 24.8 Å². The van der Waals surface area contributed by atoms with Crippen molar-refractivity contribution in [2.24, 2.45) is 5.92 Å². The van der Waals surface area contributed by atoms with E-state index in [0.717, 1.165) is 12.8 Å². The molecule has 0 spiro atoms. The maximum Gasteiger partial charge on any atom is 0.449 e. The van der Waals surface area contributed by atoms with E-state index in [0.29, 0.717) is 22.5 Å². The second-order valence-electron chi connectivity index (χ2n) is 8.83. The van der Waals surface area contributed by atoms with Gasteiger partial charge in [0.1, 0.15) is 0 Å². The van der Waals surface area contributed by atoms with Crippen LogP contribution in [0.3, 0.4) is 0 Å². The summed E-state index contributed by atoms with van der Waals surface area (Å²) in [6.45, 7) is 0. The van der Waals surface area contributed by atoms with Crippen LogP contribution in [0.25, 0.3) is 27.8 Å². The quantitative estimate of drug-likeness (QED) is 0.323. The lowest BCUT2D eigenvalue weighted by atomic mass is 10.2. The zero-order valence-corrected chi connectivity index (χ0v) is 19.4. The van der Waals surface area contributed by atoms with Crippen LogP contribution in [0.2, 0.25) is 0 Å². The minimum Gasteiger partial charge on any atom is -0.334 e. The summed E-state index contributed by atoms with van der Waals surface area (Å²) in [5.41, 5.74) is 2.95. The molecular formula is C24H19F3N6O2S. The van der Waals surface area contributed by atoms with Crippen molar-refractivity contribution in [2.75, 3.05) is 11.1 Å².